The van der Waals surface area contributed by atoms with Crippen LogP contribution in [0.1, 0.15) is 0 Å². The standard InChI is InChI=1S/C36H21Br4ClN4/c37-25-13-5-21(6-14-25)31-32(22-7-15-26(38)16-8-22)43-35(42-31)36-44-33(23-9-17-27(39)18-10-23)34(24-11-19-28(40)20-12-24)45(36)30-4-2-1-3-29(30)41/h1-20H,(H,42,43). The summed E-state index contributed by atoms with van der Waals surface area (Å²) in [6.45, 7) is 0. The number of rotatable bonds is 6. The third-order valence-corrected chi connectivity index (χ3v) is 9.81. The van der Waals surface area contributed by atoms with E-state index in [9.17, 15) is 0 Å². The minimum Gasteiger partial charge on any atom is -0.335 e. The molecule has 1 N–H and O–H groups in total. The lowest BCUT2D eigenvalue weighted by molar-refractivity contribution is 1.05. The van der Waals surface area contributed by atoms with Gasteiger partial charge in [-0.2, -0.15) is 0 Å². The average molecular weight is 865 g/mol. The van der Waals surface area contributed by atoms with Crippen LogP contribution in [0.3, 0.4) is 0 Å². The van der Waals surface area contributed by atoms with Crippen molar-refractivity contribution < 1.29 is 0 Å². The van der Waals surface area contributed by atoms with Crippen molar-refractivity contribution in [3.63, 3.8) is 0 Å². The summed E-state index contributed by atoms with van der Waals surface area (Å²) in [5.74, 6) is 1.26. The van der Waals surface area contributed by atoms with Crippen LogP contribution in [0.25, 0.3) is 62.4 Å². The van der Waals surface area contributed by atoms with Gasteiger partial charge in [-0.05, 0) is 60.7 Å². The van der Waals surface area contributed by atoms with E-state index in [4.69, 9.17) is 21.6 Å². The Labute approximate surface area is 299 Å². The zero-order valence-electron chi connectivity index (χ0n) is 23.3. The van der Waals surface area contributed by atoms with Crippen LogP contribution in [0, 0.1) is 0 Å². The molecule has 0 aliphatic carbocycles. The molecule has 220 valence electrons. The highest BCUT2D eigenvalue weighted by Crippen LogP contribution is 2.42. The van der Waals surface area contributed by atoms with Crippen molar-refractivity contribution in [2.45, 2.75) is 0 Å². The molecule has 0 radical (unpaired) electrons. The van der Waals surface area contributed by atoms with Crippen molar-refractivity contribution in [3.05, 3.63) is 144 Å². The number of aromatic nitrogens is 4. The zero-order valence-corrected chi connectivity index (χ0v) is 30.4. The molecule has 45 heavy (non-hydrogen) atoms. The topological polar surface area (TPSA) is 46.5 Å². The molecule has 0 fully saturated rings. The first-order valence-electron chi connectivity index (χ1n) is 13.9. The van der Waals surface area contributed by atoms with Crippen LogP contribution >= 0.6 is 75.3 Å². The van der Waals surface area contributed by atoms with Gasteiger partial charge < -0.3 is 4.98 Å². The van der Waals surface area contributed by atoms with Gasteiger partial charge in [0.25, 0.3) is 0 Å². The molecular formula is C36H21Br4ClN4. The summed E-state index contributed by atoms with van der Waals surface area (Å²) in [6, 6.07) is 40.6. The fourth-order valence-electron chi connectivity index (χ4n) is 5.25. The highest BCUT2D eigenvalue weighted by molar-refractivity contribution is 9.11. The Kier molecular flexibility index (Phi) is 8.68. The molecule has 2 heterocycles. The van der Waals surface area contributed by atoms with Gasteiger partial charge in [-0.25, -0.2) is 9.97 Å². The van der Waals surface area contributed by atoms with Gasteiger partial charge in [0.1, 0.15) is 0 Å². The van der Waals surface area contributed by atoms with E-state index in [1.165, 1.54) is 0 Å². The maximum absolute atomic E-state index is 6.93. The first-order chi connectivity index (χ1) is 21.9. The monoisotopic (exact) mass is 860 g/mol. The van der Waals surface area contributed by atoms with Crippen molar-refractivity contribution in [1.29, 1.82) is 0 Å². The maximum atomic E-state index is 6.93. The number of nitrogens with one attached hydrogen (secondary N) is 1. The van der Waals surface area contributed by atoms with E-state index in [-0.39, 0.29) is 0 Å². The van der Waals surface area contributed by atoms with Crippen LogP contribution < -0.4 is 0 Å². The minimum absolute atomic E-state index is 0.602. The number of nitrogens with zero attached hydrogens (tertiary/aromatic N) is 3. The van der Waals surface area contributed by atoms with Crippen molar-refractivity contribution in [2.75, 3.05) is 0 Å². The van der Waals surface area contributed by atoms with Crippen molar-refractivity contribution in [1.82, 2.24) is 19.5 Å². The molecule has 5 aromatic carbocycles. The van der Waals surface area contributed by atoms with E-state index >= 15 is 0 Å². The lowest BCUT2D eigenvalue weighted by Gasteiger charge is -2.14. The summed E-state index contributed by atoms with van der Waals surface area (Å²) < 4.78 is 6.10. The second-order valence-electron chi connectivity index (χ2n) is 10.3. The van der Waals surface area contributed by atoms with Gasteiger partial charge in [0, 0.05) is 40.1 Å². The molecule has 4 nitrogen and oxygen atoms in total. The SMILES string of the molecule is Clc1ccccc1-n1c(-c2nc(-c3ccc(Br)cc3)c(-c3ccc(Br)cc3)[nH]2)nc(-c2ccc(Br)cc2)c1-c1ccc(Br)cc1. The summed E-state index contributed by atoms with van der Waals surface area (Å²) in [5.41, 5.74) is 8.18. The fourth-order valence-corrected chi connectivity index (χ4v) is 6.53. The molecular weight excluding hydrogens is 843 g/mol. The second-order valence-corrected chi connectivity index (χ2v) is 14.3. The first kappa shape index (κ1) is 30.4. The van der Waals surface area contributed by atoms with Crippen LogP contribution in [0.5, 0.6) is 0 Å². The smallest absolute Gasteiger partial charge is 0.182 e. The molecule has 0 spiro atoms. The van der Waals surface area contributed by atoms with E-state index in [1.54, 1.807) is 0 Å². The Morgan fingerprint density at radius 2 is 0.978 bits per heavy atom. The van der Waals surface area contributed by atoms with E-state index in [1.807, 2.05) is 72.8 Å². The molecule has 0 unspecified atom stereocenters. The molecule has 0 amide bonds. The molecule has 0 saturated heterocycles. The molecule has 0 atom stereocenters. The Morgan fingerprint density at radius 3 is 1.51 bits per heavy atom. The van der Waals surface area contributed by atoms with Gasteiger partial charge in [-0.3, -0.25) is 4.57 Å². The van der Waals surface area contributed by atoms with E-state index in [0.717, 1.165) is 68.6 Å². The van der Waals surface area contributed by atoms with E-state index in [0.29, 0.717) is 16.7 Å². The second kappa shape index (κ2) is 12.9. The summed E-state index contributed by atoms with van der Waals surface area (Å²) in [7, 11) is 0. The number of halogens is 5. The molecule has 0 aliphatic rings. The van der Waals surface area contributed by atoms with Gasteiger partial charge in [0.05, 0.1) is 33.5 Å². The molecule has 9 heteroatoms. The summed E-state index contributed by atoms with van der Waals surface area (Å²) in [4.78, 5) is 14.2. The molecule has 0 saturated carbocycles. The summed E-state index contributed by atoms with van der Waals surface area (Å²) in [5, 5.41) is 0.602. The fraction of sp³-hybridized carbons (Fsp3) is 0. The van der Waals surface area contributed by atoms with Crippen LogP contribution in [-0.2, 0) is 0 Å². The predicted octanol–water partition coefficient (Wildman–Crippen LogP) is 12.6. The first-order valence-corrected chi connectivity index (χ1v) is 17.4. The molecule has 0 aliphatic heterocycles. The lowest BCUT2D eigenvalue weighted by atomic mass is 10.0. The maximum Gasteiger partial charge on any atom is 0.182 e. The lowest BCUT2D eigenvalue weighted by Crippen LogP contribution is -2.02. The van der Waals surface area contributed by atoms with E-state index < -0.39 is 0 Å². The van der Waals surface area contributed by atoms with Crippen molar-refractivity contribution in [2.24, 2.45) is 0 Å². The number of para-hydroxylation sites is 1. The zero-order chi connectivity index (χ0) is 31.1. The van der Waals surface area contributed by atoms with E-state index in [2.05, 4.69) is 122 Å². The third-order valence-electron chi connectivity index (χ3n) is 7.37. The van der Waals surface area contributed by atoms with Crippen LogP contribution in [0.2, 0.25) is 5.02 Å². The average Bonchev–Trinajstić information content (AvgIpc) is 3.66. The Bertz CT molecular complexity index is 2070. The van der Waals surface area contributed by atoms with Crippen LogP contribution in [-0.4, -0.2) is 19.5 Å². The molecule has 2 aromatic heterocycles. The minimum atomic E-state index is 0.602. The largest absolute Gasteiger partial charge is 0.335 e. The summed E-state index contributed by atoms with van der Waals surface area (Å²) in [6.07, 6.45) is 0. The number of benzene rings is 5. The number of imidazole rings is 2. The van der Waals surface area contributed by atoms with Gasteiger partial charge >= 0.3 is 0 Å². The van der Waals surface area contributed by atoms with Crippen LogP contribution in [0.4, 0.5) is 0 Å². The Balaban J connectivity index is 1.56. The van der Waals surface area contributed by atoms with Gasteiger partial charge in [-0.1, -0.05) is 136 Å². The Morgan fingerprint density at radius 1 is 0.511 bits per heavy atom. The van der Waals surface area contributed by atoms with Crippen molar-refractivity contribution in [3.8, 4) is 62.4 Å². The Hall–Kier alpha value is -3.27. The number of aromatic amines is 1. The predicted molar refractivity (Wildman–Crippen MR) is 199 cm³/mol. The number of hydrogen-bond acceptors (Lipinski definition) is 2. The highest BCUT2D eigenvalue weighted by Gasteiger charge is 2.27. The van der Waals surface area contributed by atoms with Gasteiger partial charge in [0.15, 0.2) is 11.6 Å². The third kappa shape index (κ3) is 6.14. The normalized spacial score (nSPS) is 11.2. The summed E-state index contributed by atoms with van der Waals surface area (Å²) >= 11 is 21.3. The van der Waals surface area contributed by atoms with Gasteiger partial charge in [0.2, 0.25) is 0 Å². The van der Waals surface area contributed by atoms with Gasteiger partial charge in [-0.15, -0.1) is 0 Å². The molecule has 7 rings (SSSR count). The number of hydrogen-bond donors (Lipinski definition) is 1. The molecule has 0 bridgehead atoms. The number of H-pyrrole nitrogens is 1. The quantitative estimate of drug-likeness (QED) is 0.181. The molecule has 7 aromatic rings. The highest BCUT2D eigenvalue weighted by atomic mass is 79.9. The van der Waals surface area contributed by atoms with Crippen LogP contribution in [0.15, 0.2) is 139 Å². The van der Waals surface area contributed by atoms with Crippen molar-refractivity contribution >= 4 is 75.3 Å².